The van der Waals surface area contributed by atoms with E-state index < -0.39 is 0 Å². The lowest BCUT2D eigenvalue weighted by Gasteiger charge is -2.04. The molecule has 0 aliphatic carbocycles. The molecule has 1 amide bonds. The number of amides is 1. The first-order valence-corrected chi connectivity index (χ1v) is 7.15. The van der Waals surface area contributed by atoms with Gasteiger partial charge in [0.15, 0.2) is 4.34 Å². The zero-order valence-electron chi connectivity index (χ0n) is 9.50. The van der Waals surface area contributed by atoms with Crippen LogP contribution in [0.2, 0.25) is 0 Å². The Balaban J connectivity index is 1.73. The van der Waals surface area contributed by atoms with Crippen molar-refractivity contribution in [1.29, 1.82) is 0 Å². The number of hydrogen-bond donors (Lipinski definition) is 2. The number of benzene rings is 1. The van der Waals surface area contributed by atoms with Crippen molar-refractivity contribution in [2.45, 2.75) is 10.8 Å². The van der Waals surface area contributed by atoms with Crippen molar-refractivity contribution in [3.05, 3.63) is 29.8 Å². The van der Waals surface area contributed by atoms with Gasteiger partial charge in [0.05, 0.1) is 0 Å². The molecular weight excluding hydrogens is 268 g/mol. The van der Waals surface area contributed by atoms with Crippen LogP contribution in [0.3, 0.4) is 0 Å². The summed E-state index contributed by atoms with van der Waals surface area (Å²) >= 11 is 3.01. The summed E-state index contributed by atoms with van der Waals surface area (Å²) in [5, 5.41) is 10.4. The minimum absolute atomic E-state index is 0.0169. The van der Waals surface area contributed by atoms with Gasteiger partial charge >= 0.3 is 0 Å². The second kappa shape index (κ2) is 6.36. The molecule has 3 N–H and O–H groups in total. The van der Waals surface area contributed by atoms with Crippen molar-refractivity contribution in [1.82, 2.24) is 10.2 Å². The van der Waals surface area contributed by atoms with Gasteiger partial charge in [-0.3, -0.25) is 4.79 Å². The van der Waals surface area contributed by atoms with Crippen LogP contribution in [0, 0.1) is 0 Å². The number of carbonyl (C=O) groups is 1. The number of nitrogen functional groups attached to an aromatic ring is 1. The molecule has 0 saturated heterocycles. The summed E-state index contributed by atoms with van der Waals surface area (Å²) in [6.45, 7) is 0. The number of rotatable bonds is 5. The van der Waals surface area contributed by atoms with Gasteiger partial charge in [-0.25, -0.2) is 0 Å². The third kappa shape index (κ3) is 4.01. The first-order chi connectivity index (χ1) is 8.74. The second-order valence-electron chi connectivity index (χ2n) is 3.47. The van der Waals surface area contributed by atoms with E-state index in [4.69, 9.17) is 5.73 Å². The van der Waals surface area contributed by atoms with Gasteiger partial charge in [-0.2, -0.15) is 0 Å². The van der Waals surface area contributed by atoms with Crippen LogP contribution in [0.25, 0.3) is 0 Å². The second-order valence-corrected chi connectivity index (χ2v) is 5.65. The van der Waals surface area contributed by atoms with Crippen molar-refractivity contribution in [3.8, 4) is 0 Å². The Kier molecular flexibility index (Phi) is 4.54. The molecule has 1 heterocycles. The predicted molar refractivity (Wildman–Crippen MR) is 74.7 cm³/mol. The molecule has 0 atom stereocenters. The summed E-state index contributed by atoms with van der Waals surface area (Å²) in [6, 6.07) is 7.08. The zero-order chi connectivity index (χ0) is 12.8. The largest absolute Gasteiger partial charge is 0.399 e. The molecule has 2 rings (SSSR count). The minimum atomic E-state index is -0.0169. The van der Waals surface area contributed by atoms with E-state index in [0.29, 0.717) is 17.9 Å². The Labute approximate surface area is 113 Å². The lowest BCUT2D eigenvalue weighted by Crippen LogP contribution is -2.12. The average Bonchev–Trinajstić information content (AvgIpc) is 2.85. The fraction of sp³-hybridized carbons (Fsp3) is 0.182. The number of nitrogens with one attached hydrogen (secondary N) is 1. The number of hydrogen-bond acceptors (Lipinski definition) is 6. The fourth-order valence-corrected chi connectivity index (χ4v) is 2.74. The van der Waals surface area contributed by atoms with E-state index in [1.54, 1.807) is 29.8 Å². The molecular formula is C11H12N4OS2. The SMILES string of the molecule is Nc1ccc(NC(=O)CCSc2nncs2)cc1. The first-order valence-electron chi connectivity index (χ1n) is 5.28. The number of carbonyl (C=O) groups excluding carboxylic acids is 1. The van der Waals surface area contributed by atoms with E-state index in [1.165, 1.54) is 23.1 Å². The Hall–Kier alpha value is -1.60. The monoisotopic (exact) mass is 280 g/mol. The van der Waals surface area contributed by atoms with Gasteiger partial charge in [0, 0.05) is 23.5 Å². The molecule has 7 heteroatoms. The van der Waals surface area contributed by atoms with Crippen LogP contribution in [0.1, 0.15) is 6.42 Å². The van der Waals surface area contributed by atoms with Crippen molar-refractivity contribution < 1.29 is 4.79 Å². The molecule has 94 valence electrons. The van der Waals surface area contributed by atoms with Gasteiger partial charge < -0.3 is 11.1 Å². The van der Waals surface area contributed by atoms with Crippen molar-refractivity contribution in [2.24, 2.45) is 0 Å². The molecule has 0 bridgehead atoms. The van der Waals surface area contributed by atoms with E-state index >= 15 is 0 Å². The van der Waals surface area contributed by atoms with Gasteiger partial charge in [-0.15, -0.1) is 10.2 Å². The summed E-state index contributed by atoms with van der Waals surface area (Å²) in [7, 11) is 0. The van der Waals surface area contributed by atoms with E-state index in [-0.39, 0.29) is 5.91 Å². The van der Waals surface area contributed by atoms with Gasteiger partial charge in [0.1, 0.15) is 5.51 Å². The molecule has 0 aliphatic rings. The molecule has 0 unspecified atom stereocenters. The van der Waals surface area contributed by atoms with Crippen LogP contribution < -0.4 is 11.1 Å². The van der Waals surface area contributed by atoms with Crippen molar-refractivity contribution >= 4 is 40.4 Å². The van der Waals surface area contributed by atoms with Crippen LogP contribution in [-0.4, -0.2) is 21.9 Å². The minimum Gasteiger partial charge on any atom is -0.399 e. The Bertz CT molecular complexity index is 498. The van der Waals surface area contributed by atoms with Gasteiger partial charge in [0.2, 0.25) is 5.91 Å². The topological polar surface area (TPSA) is 80.9 Å². The molecule has 18 heavy (non-hydrogen) atoms. The number of aromatic nitrogens is 2. The fourth-order valence-electron chi connectivity index (χ4n) is 1.25. The molecule has 5 nitrogen and oxygen atoms in total. The van der Waals surface area contributed by atoms with Crippen LogP contribution in [0.4, 0.5) is 11.4 Å². The Morgan fingerprint density at radius 1 is 1.39 bits per heavy atom. The zero-order valence-corrected chi connectivity index (χ0v) is 11.1. The van der Waals surface area contributed by atoms with E-state index in [0.717, 1.165) is 10.0 Å². The highest BCUT2D eigenvalue weighted by molar-refractivity contribution is 8.01. The normalized spacial score (nSPS) is 10.2. The molecule has 0 aliphatic heterocycles. The number of anilines is 2. The molecule has 0 spiro atoms. The maximum absolute atomic E-state index is 11.6. The lowest BCUT2D eigenvalue weighted by molar-refractivity contribution is -0.115. The highest BCUT2D eigenvalue weighted by atomic mass is 32.2. The molecule has 1 aromatic carbocycles. The Morgan fingerprint density at radius 2 is 2.17 bits per heavy atom. The van der Waals surface area contributed by atoms with E-state index in [9.17, 15) is 4.79 Å². The van der Waals surface area contributed by atoms with Gasteiger partial charge in [-0.1, -0.05) is 23.1 Å². The smallest absolute Gasteiger partial charge is 0.225 e. The van der Waals surface area contributed by atoms with Crippen molar-refractivity contribution in [3.63, 3.8) is 0 Å². The maximum atomic E-state index is 11.6. The van der Waals surface area contributed by atoms with Crippen LogP contribution in [0.15, 0.2) is 34.1 Å². The summed E-state index contributed by atoms with van der Waals surface area (Å²) in [4.78, 5) is 11.6. The summed E-state index contributed by atoms with van der Waals surface area (Å²) in [5.41, 5.74) is 8.68. The lowest BCUT2D eigenvalue weighted by atomic mass is 10.3. The number of nitrogens with zero attached hydrogens (tertiary/aromatic N) is 2. The number of nitrogens with two attached hydrogens (primary N) is 1. The van der Waals surface area contributed by atoms with Crippen LogP contribution >= 0.6 is 23.1 Å². The van der Waals surface area contributed by atoms with Crippen molar-refractivity contribution in [2.75, 3.05) is 16.8 Å². The van der Waals surface area contributed by atoms with E-state index in [2.05, 4.69) is 15.5 Å². The highest BCUT2D eigenvalue weighted by Gasteiger charge is 2.04. The third-order valence-corrected chi connectivity index (χ3v) is 3.95. The van der Waals surface area contributed by atoms with Gasteiger partial charge in [-0.05, 0) is 24.3 Å². The molecule has 2 aromatic rings. The standard InChI is InChI=1S/C11H12N4OS2/c12-8-1-3-9(4-2-8)14-10(16)5-6-17-11-15-13-7-18-11/h1-4,7H,5-6,12H2,(H,14,16). The molecule has 1 aromatic heterocycles. The van der Waals surface area contributed by atoms with Crippen LogP contribution in [-0.2, 0) is 4.79 Å². The molecule has 0 fully saturated rings. The molecule has 0 saturated carbocycles. The average molecular weight is 280 g/mol. The van der Waals surface area contributed by atoms with Gasteiger partial charge in [0.25, 0.3) is 0 Å². The highest BCUT2D eigenvalue weighted by Crippen LogP contribution is 2.19. The quantitative estimate of drug-likeness (QED) is 0.648. The first kappa shape index (κ1) is 12.8. The number of thioether (sulfide) groups is 1. The predicted octanol–water partition coefficient (Wildman–Crippen LogP) is 2.24. The third-order valence-electron chi connectivity index (χ3n) is 2.09. The Morgan fingerprint density at radius 3 is 2.83 bits per heavy atom. The van der Waals surface area contributed by atoms with E-state index in [1.807, 2.05) is 0 Å². The maximum Gasteiger partial charge on any atom is 0.225 e. The summed E-state index contributed by atoms with van der Waals surface area (Å²) in [6.07, 6.45) is 0.439. The van der Waals surface area contributed by atoms with Crippen LogP contribution in [0.5, 0.6) is 0 Å². The summed E-state index contributed by atoms with van der Waals surface area (Å²) in [5.74, 6) is 0.674. The summed E-state index contributed by atoms with van der Waals surface area (Å²) < 4.78 is 0.885. The molecule has 0 radical (unpaired) electrons.